The zero-order valence-electron chi connectivity index (χ0n) is 12.0. The van der Waals surface area contributed by atoms with Gasteiger partial charge >= 0.3 is 5.97 Å². The average Bonchev–Trinajstić information content (AvgIpc) is 2.92. The summed E-state index contributed by atoms with van der Waals surface area (Å²) in [6.45, 7) is 4.04. The van der Waals surface area contributed by atoms with E-state index in [1.54, 1.807) is 25.1 Å². The SMILES string of the molecule is CCOC(=O)c1cc(C(=O)c2ccccc2)c(SCC)[nH]1. The summed E-state index contributed by atoms with van der Waals surface area (Å²) in [5.74, 6) is 0.263. The highest BCUT2D eigenvalue weighted by Gasteiger charge is 2.20. The number of aromatic amines is 1. The first-order valence-corrected chi connectivity index (χ1v) is 7.78. The maximum atomic E-state index is 12.6. The Morgan fingerprint density at radius 2 is 1.90 bits per heavy atom. The van der Waals surface area contributed by atoms with Gasteiger partial charge in [-0.25, -0.2) is 4.79 Å². The molecule has 4 nitrogen and oxygen atoms in total. The summed E-state index contributed by atoms with van der Waals surface area (Å²) in [7, 11) is 0. The Kier molecular flexibility index (Phi) is 5.22. The van der Waals surface area contributed by atoms with Crippen molar-refractivity contribution in [3.8, 4) is 0 Å². The average molecular weight is 303 g/mol. The van der Waals surface area contributed by atoms with Gasteiger partial charge in [-0.15, -0.1) is 11.8 Å². The normalized spacial score (nSPS) is 10.4. The molecule has 0 unspecified atom stereocenters. The van der Waals surface area contributed by atoms with Gasteiger partial charge in [-0.3, -0.25) is 4.79 Å². The summed E-state index contributed by atoms with van der Waals surface area (Å²) in [5, 5.41) is 0.703. The molecule has 2 aromatic rings. The van der Waals surface area contributed by atoms with Crippen LogP contribution in [0.2, 0.25) is 0 Å². The van der Waals surface area contributed by atoms with Crippen LogP contribution >= 0.6 is 11.8 Å². The van der Waals surface area contributed by atoms with Crippen molar-refractivity contribution in [2.45, 2.75) is 18.9 Å². The fraction of sp³-hybridized carbons (Fsp3) is 0.250. The number of nitrogens with one attached hydrogen (secondary N) is 1. The second-order valence-corrected chi connectivity index (χ2v) is 5.55. The third-order valence-electron chi connectivity index (χ3n) is 2.85. The minimum absolute atomic E-state index is 0.0988. The summed E-state index contributed by atoms with van der Waals surface area (Å²) >= 11 is 1.50. The molecule has 110 valence electrons. The molecule has 0 aliphatic carbocycles. The number of esters is 1. The van der Waals surface area contributed by atoms with Crippen LogP contribution in [-0.2, 0) is 4.74 Å². The van der Waals surface area contributed by atoms with Gasteiger partial charge in [0.2, 0.25) is 0 Å². The van der Waals surface area contributed by atoms with Gasteiger partial charge in [0.15, 0.2) is 5.78 Å². The number of benzene rings is 1. The molecule has 0 saturated carbocycles. The molecule has 1 N–H and O–H groups in total. The largest absolute Gasteiger partial charge is 0.461 e. The van der Waals surface area contributed by atoms with E-state index in [1.165, 1.54) is 11.8 Å². The Hall–Kier alpha value is -2.01. The molecule has 1 aromatic carbocycles. The monoisotopic (exact) mass is 303 g/mol. The van der Waals surface area contributed by atoms with E-state index in [1.807, 2.05) is 25.1 Å². The number of hydrogen-bond acceptors (Lipinski definition) is 4. The van der Waals surface area contributed by atoms with Gasteiger partial charge in [-0.2, -0.15) is 0 Å². The number of thioether (sulfide) groups is 1. The van der Waals surface area contributed by atoms with Crippen LogP contribution in [0.5, 0.6) is 0 Å². The number of carbonyl (C=O) groups excluding carboxylic acids is 2. The molecule has 21 heavy (non-hydrogen) atoms. The molecule has 5 heteroatoms. The second-order valence-electron chi connectivity index (χ2n) is 4.27. The van der Waals surface area contributed by atoms with Gasteiger partial charge in [-0.1, -0.05) is 37.3 Å². The Morgan fingerprint density at radius 1 is 1.19 bits per heavy atom. The van der Waals surface area contributed by atoms with Crippen molar-refractivity contribution in [3.63, 3.8) is 0 Å². The van der Waals surface area contributed by atoms with Crippen LogP contribution in [0.15, 0.2) is 41.4 Å². The lowest BCUT2D eigenvalue weighted by Crippen LogP contribution is -2.04. The molecular formula is C16H17NO3S. The highest BCUT2D eigenvalue weighted by Crippen LogP contribution is 2.25. The van der Waals surface area contributed by atoms with Crippen LogP contribution in [0, 0.1) is 0 Å². The molecule has 1 aromatic heterocycles. The number of rotatable bonds is 6. The molecule has 0 bridgehead atoms. The van der Waals surface area contributed by atoms with Gasteiger partial charge in [0, 0.05) is 5.56 Å². The van der Waals surface area contributed by atoms with E-state index >= 15 is 0 Å². The van der Waals surface area contributed by atoms with Gasteiger partial charge < -0.3 is 9.72 Å². The summed E-state index contributed by atoms with van der Waals surface area (Å²) in [6, 6.07) is 10.6. The lowest BCUT2D eigenvalue weighted by atomic mass is 10.1. The molecule has 2 rings (SSSR count). The van der Waals surface area contributed by atoms with Gasteiger partial charge in [0.1, 0.15) is 5.69 Å². The van der Waals surface area contributed by atoms with Crippen molar-refractivity contribution in [3.05, 3.63) is 53.2 Å². The molecular weight excluding hydrogens is 286 g/mol. The predicted octanol–water partition coefficient (Wildman–Crippen LogP) is 3.53. The number of hydrogen-bond donors (Lipinski definition) is 1. The third-order valence-corrected chi connectivity index (χ3v) is 3.75. The quantitative estimate of drug-likeness (QED) is 0.504. The van der Waals surface area contributed by atoms with Crippen molar-refractivity contribution in [1.82, 2.24) is 4.98 Å². The highest BCUT2D eigenvalue weighted by atomic mass is 32.2. The molecule has 0 spiro atoms. The molecule has 0 aliphatic heterocycles. The lowest BCUT2D eigenvalue weighted by Gasteiger charge is -2.01. The van der Waals surface area contributed by atoms with E-state index in [2.05, 4.69) is 4.98 Å². The minimum atomic E-state index is -0.442. The smallest absolute Gasteiger partial charge is 0.354 e. The Balaban J connectivity index is 2.37. The van der Waals surface area contributed by atoms with Crippen LogP contribution in [0.25, 0.3) is 0 Å². The number of H-pyrrole nitrogens is 1. The predicted molar refractivity (Wildman–Crippen MR) is 83.0 cm³/mol. The van der Waals surface area contributed by atoms with Crippen molar-refractivity contribution in [2.75, 3.05) is 12.4 Å². The zero-order valence-corrected chi connectivity index (χ0v) is 12.8. The van der Waals surface area contributed by atoms with Crippen LogP contribution in [0.4, 0.5) is 0 Å². The van der Waals surface area contributed by atoms with Gasteiger partial charge in [-0.05, 0) is 18.7 Å². The number of carbonyl (C=O) groups is 2. The van der Waals surface area contributed by atoms with E-state index in [0.717, 1.165) is 5.75 Å². The first-order valence-electron chi connectivity index (χ1n) is 6.80. The standard InChI is InChI=1S/C16H17NO3S/c1-3-20-16(19)13-10-12(15(17-13)21-4-2)14(18)11-8-6-5-7-9-11/h5-10,17H,3-4H2,1-2H3. The molecule has 0 radical (unpaired) electrons. The zero-order chi connectivity index (χ0) is 15.2. The Morgan fingerprint density at radius 3 is 2.52 bits per heavy atom. The van der Waals surface area contributed by atoms with E-state index in [-0.39, 0.29) is 5.78 Å². The summed E-state index contributed by atoms with van der Waals surface area (Å²) in [4.78, 5) is 27.3. The van der Waals surface area contributed by atoms with Crippen molar-refractivity contribution in [2.24, 2.45) is 0 Å². The van der Waals surface area contributed by atoms with Crippen molar-refractivity contribution in [1.29, 1.82) is 0 Å². The van der Waals surface area contributed by atoms with Crippen LogP contribution in [-0.4, -0.2) is 29.1 Å². The fourth-order valence-corrected chi connectivity index (χ4v) is 2.70. The van der Waals surface area contributed by atoms with E-state index in [0.29, 0.717) is 28.5 Å². The maximum absolute atomic E-state index is 12.6. The molecule has 0 aliphatic rings. The van der Waals surface area contributed by atoms with E-state index in [4.69, 9.17) is 4.74 Å². The van der Waals surface area contributed by atoms with Crippen LogP contribution in [0.1, 0.15) is 40.3 Å². The van der Waals surface area contributed by atoms with Gasteiger partial charge in [0.05, 0.1) is 17.2 Å². The highest BCUT2D eigenvalue weighted by molar-refractivity contribution is 7.99. The Labute approximate surface area is 127 Å². The van der Waals surface area contributed by atoms with E-state index < -0.39 is 5.97 Å². The fourth-order valence-electron chi connectivity index (χ4n) is 1.93. The Bertz CT molecular complexity index is 634. The molecule has 0 atom stereocenters. The van der Waals surface area contributed by atoms with E-state index in [9.17, 15) is 9.59 Å². The first-order chi connectivity index (χ1) is 10.2. The molecule has 0 amide bonds. The summed E-state index contributed by atoms with van der Waals surface area (Å²) in [6.07, 6.45) is 0. The first kappa shape index (κ1) is 15.4. The van der Waals surface area contributed by atoms with Crippen molar-refractivity contribution < 1.29 is 14.3 Å². The number of ketones is 1. The summed E-state index contributed by atoms with van der Waals surface area (Å²) < 4.78 is 4.97. The van der Waals surface area contributed by atoms with Gasteiger partial charge in [0.25, 0.3) is 0 Å². The van der Waals surface area contributed by atoms with Crippen molar-refractivity contribution >= 4 is 23.5 Å². The van der Waals surface area contributed by atoms with Crippen LogP contribution in [0.3, 0.4) is 0 Å². The lowest BCUT2D eigenvalue weighted by molar-refractivity contribution is 0.0519. The number of ether oxygens (including phenoxy) is 1. The number of aromatic nitrogens is 1. The summed E-state index contributed by atoms with van der Waals surface area (Å²) in [5.41, 5.74) is 1.42. The minimum Gasteiger partial charge on any atom is -0.461 e. The molecule has 1 heterocycles. The maximum Gasteiger partial charge on any atom is 0.354 e. The molecule has 0 fully saturated rings. The topological polar surface area (TPSA) is 59.2 Å². The third kappa shape index (κ3) is 3.55. The second kappa shape index (κ2) is 7.13. The van der Waals surface area contributed by atoms with Crippen LogP contribution < -0.4 is 0 Å². The molecule has 0 saturated heterocycles.